The monoisotopic (exact) mass is 318 g/mol. The Balaban J connectivity index is 1.94. The fourth-order valence-corrected chi connectivity index (χ4v) is 2.44. The summed E-state index contributed by atoms with van der Waals surface area (Å²) in [6.07, 6.45) is 2.83. The first kappa shape index (κ1) is 12.5. The molecule has 1 aliphatic heterocycles. The zero-order valence-corrected chi connectivity index (χ0v) is 12.6. The molecule has 1 aliphatic rings. The van der Waals surface area contributed by atoms with E-state index in [1.54, 1.807) is 0 Å². The molecule has 1 aromatic heterocycles. The maximum atomic E-state index is 5.53. The van der Waals surface area contributed by atoms with Crippen LogP contribution in [0.3, 0.4) is 0 Å². The van der Waals surface area contributed by atoms with Gasteiger partial charge in [-0.15, -0.1) is 0 Å². The number of pyridine rings is 1. The second kappa shape index (κ2) is 4.85. The summed E-state index contributed by atoms with van der Waals surface area (Å²) >= 11 is 3.48. The highest BCUT2D eigenvalue weighted by Gasteiger charge is 2.14. The number of rotatable bonds is 2. The fraction of sp³-hybridized carbons (Fsp3) is 0.267. The van der Waals surface area contributed by atoms with E-state index in [1.165, 1.54) is 11.1 Å². The summed E-state index contributed by atoms with van der Waals surface area (Å²) in [4.78, 5) is 6.55. The molecular weight excluding hydrogens is 304 g/mol. The smallest absolute Gasteiger partial charge is 0.132 e. The maximum absolute atomic E-state index is 5.53. The predicted molar refractivity (Wildman–Crippen MR) is 80.4 cm³/mol. The van der Waals surface area contributed by atoms with Crippen LogP contribution in [0.2, 0.25) is 0 Å². The first-order valence-corrected chi connectivity index (χ1v) is 7.06. The summed E-state index contributed by atoms with van der Waals surface area (Å²) in [6, 6.07) is 8.37. The minimum absolute atomic E-state index is 0.790. The van der Waals surface area contributed by atoms with Crippen molar-refractivity contribution in [1.82, 2.24) is 4.98 Å². The normalized spacial score (nSPS) is 13.0. The van der Waals surface area contributed by atoms with E-state index in [0.717, 1.165) is 34.8 Å². The van der Waals surface area contributed by atoms with Crippen LogP contribution in [0.15, 0.2) is 34.9 Å². The minimum atomic E-state index is 0.790. The molecule has 0 radical (unpaired) electrons. The fourth-order valence-electron chi connectivity index (χ4n) is 2.22. The van der Waals surface area contributed by atoms with E-state index in [9.17, 15) is 0 Å². The molecule has 0 amide bonds. The van der Waals surface area contributed by atoms with Gasteiger partial charge in [-0.25, -0.2) is 4.98 Å². The van der Waals surface area contributed by atoms with Crippen molar-refractivity contribution in [3.05, 3.63) is 46.1 Å². The number of ether oxygens (including phenoxy) is 1. The lowest BCUT2D eigenvalue weighted by Gasteiger charge is -2.19. The quantitative estimate of drug-likeness (QED) is 0.840. The van der Waals surface area contributed by atoms with Crippen LogP contribution >= 0.6 is 15.9 Å². The van der Waals surface area contributed by atoms with Crippen molar-refractivity contribution >= 4 is 27.4 Å². The number of benzene rings is 1. The lowest BCUT2D eigenvalue weighted by atomic mass is 10.1. The highest BCUT2D eigenvalue weighted by Crippen LogP contribution is 2.32. The van der Waals surface area contributed by atoms with Crippen molar-refractivity contribution in [2.24, 2.45) is 0 Å². The number of halogens is 1. The predicted octanol–water partition coefficient (Wildman–Crippen LogP) is 3.86. The summed E-state index contributed by atoms with van der Waals surface area (Å²) < 4.78 is 6.57. The van der Waals surface area contributed by atoms with Crippen LogP contribution in [0.1, 0.15) is 11.1 Å². The number of fused-ring (bicyclic) bond motifs is 1. The molecule has 1 aromatic carbocycles. The van der Waals surface area contributed by atoms with E-state index < -0.39 is 0 Å². The molecule has 19 heavy (non-hydrogen) atoms. The van der Waals surface area contributed by atoms with Gasteiger partial charge in [-0.3, -0.25) is 0 Å². The molecular formula is C15H15BrN2O. The van der Waals surface area contributed by atoms with Crippen LogP contribution in [0, 0.1) is 6.92 Å². The van der Waals surface area contributed by atoms with Crippen molar-refractivity contribution < 1.29 is 4.74 Å². The molecule has 0 saturated carbocycles. The van der Waals surface area contributed by atoms with E-state index in [2.05, 4.69) is 50.9 Å². The van der Waals surface area contributed by atoms with Crippen molar-refractivity contribution in [1.29, 1.82) is 0 Å². The number of anilines is 2. The molecule has 0 N–H and O–H groups in total. The molecule has 0 saturated heterocycles. The van der Waals surface area contributed by atoms with Crippen molar-refractivity contribution in [3.8, 4) is 5.75 Å². The summed E-state index contributed by atoms with van der Waals surface area (Å²) in [6.45, 7) is 2.86. The van der Waals surface area contributed by atoms with Gasteiger partial charge in [0.2, 0.25) is 0 Å². The first-order chi connectivity index (χ1) is 9.15. The van der Waals surface area contributed by atoms with E-state index >= 15 is 0 Å². The molecule has 0 atom stereocenters. The van der Waals surface area contributed by atoms with E-state index in [-0.39, 0.29) is 0 Å². The van der Waals surface area contributed by atoms with Gasteiger partial charge in [0.05, 0.1) is 6.61 Å². The van der Waals surface area contributed by atoms with E-state index in [4.69, 9.17) is 4.74 Å². The van der Waals surface area contributed by atoms with Gasteiger partial charge in [0.1, 0.15) is 11.6 Å². The molecule has 0 bridgehead atoms. The standard InChI is InChI=1S/C15H15BrN2O/c1-10-7-15(17-9-13(10)16)18(2)12-3-4-14-11(8-12)5-6-19-14/h3-4,7-9H,5-6H2,1-2H3. The molecule has 0 fully saturated rings. The van der Waals surface area contributed by atoms with Crippen LogP contribution in [0.4, 0.5) is 11.5 Å². The highest BCUT2D eigenvalue weighted by atomic mass is 79.9. The maximum Gasteiger partial charge on any atom is 0.132 e. The Labute approximate surface area is 121 Å². The first-order valence-electron chi connectivity index (χ1n) is 6.27. The van der Waals surface area contributed by atoms with Crippen LogP contribution in [0.25, 0.3) is 0 Å². The number of hydrogen-bond donors (Lipinski definition) is 0. The molecule has 2 heterocycles. The van der Waals surface area contributed by atoms with Crippen LogP contribution in [-0.4, -0.2) is 18.6 Å². The van der Waals surface area contributed by atoms with Gasteiger partial charge in [-0.1, -0.05) is 0 Å². The SMILES string of the molecule is Cc1cc(N(C)c2ccc3c(c2)CCO3)ncc1Br. The van der Waals surface area contributed by atoms with Gasteiger partial charge in [-0.05, 0) is 58.2 Å². The summed E-state index contributed by atoms with van der Waals surface area (Å²) in [5.74, 6) is 1.96. The summed E-state index contributed by atoms with van der Waals surface area (Å²) in [5.41, 5.74) is 3.60. The van der Waals surface area contributed by atoms with Gasteiger partial charge in [0.25, 0.3) is 0 Å². The van der Waals surface area contributed by atoms with Gasteiger partial charge in [0, 0.05) is 29.8 Å². The second-order valence-electron chi connectivity index (χ2n) is 4.74. The zero-order chi connectivity index (χ0) is 13.4. The Kier molecular flexibility index (Phi) is 3.19. The van der Waals surface area contributed by atoms with Crippen molar-refractivity contribution in [3.63, 3.8) is 0 Å². The van der Waals surface area contributed by atoms with E-state index in [0.29, 0.717) is 0 Å². The summed E-state index contributed by atoms with van der Waals surface area (Å²) in [5, 5.41) is 0. The van der Waals surface area contributed by atoms with Gasteiger partial charge in [0.15, 0.2) is 0 Å². The number of nitrogens with zero attached hydrogens (tertiary/aromatic N) is 2. The molecule has 0 unspecified atom stereocenters. The largest absolute Gasteiger partial charge is 0.493 e. The molecule has 0 spiro atoms. The molecule has 98 valence electrons. The molecule has 3 rings (SSSR count). The lowest BCUT2D eigenvalue weighted by Crippen LogP contribution is -2.11. The van der Waals surface area contributed by atoms with Crippen molar-refractivity contribution in [2.45, 2.75) is 13.3 Å². The van der Waals surface area contributed by atoms with Crippen LogP contribution < -0.4 is 9.64 Å². The Morgan fingerprint density at radius 1 is 1.32 bits per heavy atom. The Hall–Kier alpha value is -1.55. The Morgan fingerprint density at radius 2 is 2.16 bits per heavy atom. The molecule has 0 aliphatic carbocycles. The van der Waals surface area contributed by atoms with Crippen LogP contribution in [-0.2, 0) is 6.42 Å². The average molecular weight is 319 g/mol. The lowest BCUT2D eigenvalue weighted by molar-refractivity contribution is 0.357. The number of hydrogen-bond acceptors (Lipinski definition) is 3. The zero-order valence-electron chi connectivity index (χ0n) is 11.0. The number of aromatic nitrogens is 1. The third-order valence-electron chi connectivity index (χ3n) is 3.44. The van der Waals surface area contributed by atoms with Crippen molar-refractivity contribution in [2.75, 3.05) is 18.6 Å². The van der Waals surface area contributed by atoms with Gasteiger partial charge in [-0.2, -0.15) is 0 Å². The third-order valence-corrected chi connectivity index (χ3v) is 4.27. The summed E-state index contributed by atoms with van der Waals surface area (Å²) in [7, 11) is 2.03. The molecule has 3 nitrogen and oxygen atoms in total. The minimum Gasteiger partial charge on any atom is -0.493 e. The Bertz CT molecular complexity index is 628. The Morgan fingerprint density at radius 3 is 2.95 bits per heavy atom. The van der Waals surface area contributed by atoms with E-state index in [1.807, 2.05) is 19.3 Å². The topological polar surface area (TPSA) is 25.4 Å². The average Bonchev–Trinajstić information content (AvgIpc) is 2.88. The van der Waals surface area contributed by atoms with Crippen LogP contribution in [0.5, 0.6) is 5.75 Å². The number of aryl methyl sites for hydroxylation is 1. The highest BCUT2D eigenvalue weighted by molar-refractivity contribution is 9.10. The van der Waals surface area contributed by atoms with Gasteiger partial charge >= 0.3 is 0 Å². The molecule has 4 heteroatoms. The molecule has 2 aromatic rings. The second-order valence-corrected chi connectivity index (χ2v) is 5.60. The van der Waals surface area contributed by atoms with Gasteiger partial charge < -0.3 is 9.64 Å². The third kappa shape index (κ3) is 2.32.